The topological polar surface area (TPSA) is 94.3 Å². The predicted octanol–water partition coefficient (Wildman–Crippen LogP) is 2.59. The minimum atomic E-state index is -0.567. The maximum atomic E-state index is 12.1. The van der Waals surface area contributed by atoms with Gasteiger partial charge >= 0.3 is 5.97 Å². The minimum absolute atomic E-state index is 0.106. The highest BCUT2D eigenvalue weighted by Crippen LogP contribution is 2.31. The van der Waals surface area contributed by atoms with Crippen LogP contribution in [0.5, 0.6) is 0 Å². The van der Waals surface area contributed by atoms with Crippen LogP contribution in [0, 0.1) is 0 Å². The van der Waals surface area contributed by atoms with Gasteiger partial charge in [0.2, 0.25) is 5.91 Å². The molecular weight excluding hydrogens is 326 g/mol. The maximum Gasteiger partial charge on any atom is 0.310 e. The van der Waals surface area contributed by atoms with Gasteiger partial charge in [-0.1, -0.05) is 43.7 Å². The molecule has 0 aliphatic rings. The van der Waals surface area contributed by atoms with Crippen molar-refractivity contribution >= 4 is 28.3 Å². The van der Waals surface area contributed by atoms with Gasteiger partial charge in [-0.3, -0.25) is 9.59 Å². The van der Waals surface area contributed by atoms with Gasteiger partial charge in [-0.15, -0.1) is 11.3 Å². The number of hydrogen-bond donors (Lipinski definition) is 2. The number of nitrogens with two attached hydrogens (primary N) is 1. The summed E-state index contributed by atoms with van der Waals surface area (Å²) in [6, 6.07) is 8.94. The van der Waals surface area contributed by atoms with E-state index in [1.807, 2.05) is 37.3 Å². The first kappa shape index (κ1) is 18.1. The molecule has 0 bridgehead atoms. The van der Waals surface area contributed by atoms with Gasteiger partial charge in [0.25, 0.3) is 0 Å². The zero-order chi connectivity index (χ0) is 17.5. The summed E-state index contributed by atoms with van der Waals surface area (Å²) in [5.41, 5.74) is 7.38. The number of amides is 1. The SMILES string of the molecule is CCCC(N)C(=O)Nc1nc(-c2ccccc2)c(CC(=O)OC)s1. The predicted molar refractivity (Wildman–Crippen MR) is 94.8 cm³/mol. The Balaban J connectivity index is 2.27. The Hall–Kier alpha value is -2.25. The van der Waals surface area contributed by atoms with Crippen LogP contribution in [-0.2, 0) is 20.7 Å². The van der Waals surface area contributed by atoms with E-state index in [0.717, 1.165) is 16.9 Å². The molecule has 2 aromatic rings. The van der Waals surface area contributed by atoms with Crippen molar-refractivity contribution in [3.8, 4) is 11.3 Å². The Kier molecular flexibility index (Phi) is 6.45. The number of methoxy groups -OCH3 is 1. The first-order valence-electron chi connectivity index (χ1n) is 7.73. The highest BCUT2D eigenvalue weighted by molar-refractivity contribution is 7.16. The van der Waals surface area contributed by atoms with Crippen molar-refractivity contribution in [1.82, 2.24) is 4.98 Å². The maximum absolute atomic E-state index is 12.1. The first-order valence-corrected chi connectivity index (χ1v) is 8.55. The van der Waals surface area contributed by atoms with Gasteiger partial charge in [-0.2, -0.15) is 0 Å². The fourth-order valence-corrected chi connectivity index (χ4v) is 3.16. The molecule has 0 spiro atoms. The van der Waals surface area contributed by atoms with Crippen LogP contribution in [0.15, 0.2) is 30.3 Å². The molecule has 1 aromatic carbocycles. The molecule has 2 rings (SSSR count). The fourth-order valence-electron chi connectivity index (χ4n) is 2.19. The van der Waals surface area contributed by atoms with E-state index in [9.17, 15) is 9.59 Å². The van der Waals surface area contributed by atoms with Crippen LogP contribution >= 0.6 is 11.3 Å². The largest absolute Gasteiger partial charge is 0.469 e. The van der Waals surface area contributed by atoms with Crippen molar-refractivity contribution < 1.29 is 14.3 Å². The summed E-state index contributed by atoms with van der Waals surface area (Å²) in [6.45, 7) is 1.97. The molecule has 6 nitrogen and oxygen atoms in total. The highest BCUT2D eigenvalue weighted by atomic mass is 32.1. The average molecular weight is 347 g/mol. The molecule has 0 radical (unpaired) electrons. The number of benzene rings is 1. The summed E-state index contributed by atoms with van der Waals surface area (Å²) in [7, 11) is 1.35. The second-order valence-corrected chi connectivity index (χ2v) is 6.38. The molecule has 0 aliphatic heterocycles. The summed E-state index contributed by atoms with van der Waals surface area (Å²) < 4.78 is 4.74. The number of anilines is 1. The molecule has 1 atom stereocenters. The number of thiazole rings is 1. The number of esters is 1. The number of carbonyl (C=O) groups is 2. The van der Waals surface area contributed by atoms with Crippen molar-refractivity contribution in [2.75, 3.05) is 12.4 Å². The highest BCUT2D eigenvalue weighted by Gasteiger charge is 2.19. The monoisotopic (exact) mass is 347 g/mol. The number of rotatable bonds is 7. The van der Waals surface area contributed by atoms with Gasteiger partial charge in [0.05, 0.1) is 25.3 Å². The van der Waals surface area contributed by atoms with E-state index >= 15 is 0 Å². The molecule has 3 N–H and O–H groups in total. The quantitative estimate of drug-likeness (QED) is 0.751. The smallest absolute Gasteiger partial charge is 0.310 e. The first-order chi connectivity index (χ1) is 11.5. The molecule has 1 amide bonds. The van der Waals surface area contributed by atoms with Crippen molar-refractivity contribution in [2.45, 2.75) is 32.2 Å². The van der Waals surface area contributed by atoms with E-state index in [4.69, 9.17) is 10.5 Å². The number of nitrogens with zero attached hydrogens (tertiary/aromatic N) is 1. The zero-order valence-corrected chi connectivity index (χ0v) is 14.6. The number of ether oxygens (including phenoxy) is 1. The van der Waals surface area contributed by atoms with Crippen molar-refractivity contribution in [2.24, 2.45) is 5.73 Å². The van der Waals surface area contributed by atoms with Gasteiger partial charge in [0.1, 0.15) is 0 Å². The summed E-state index contributed by atoms with van der Waals surface area (Å²) in [5, 5.41) is 3.17. The van der Waals surface area contributed by atoms with E-state index in [1.54, 1.807) is 0 Å². The zero-order valence-electron chi connectivity index (χ0n) is 13.7. The molecule has 128 valence electrons. The fraction of sp³-hybridized carbons (Fsp3) is 0.353. The lowest BCUT2D eigenvalue weighted by atomic mass is 10.1. The molecule has 1 aromatic heterocycles. The van der Waals surface area contributed by atoms with Crippen LogP contribution in [0.25, 0.3) is 11.3 Å². The van der Waals surface area contributed by atoms with E-state index in [-0.39, 0.29) is 18.3 Å². The minimum Gasteiger partial charge on any atom is -0.469 e. The Morgan fingerprint density at radius 2 is 2.04 bits per heavy atom. The van der Waals surface area contributed by atoms with E-state index in [2.05, 4.69) is 10.3 Å². The second kappa shape index (κ2) is 8.56. The standard InChI is InChI=1S/C17H21N3O3S/c1-3-7-12(18)16(22)20-17-19-15(11-8-5-4-6-9-11)13(24-17)10-14(21)23-2/h4-6,8-9,12H,3,7,10,18H2,1-2H3,(H,19,20,22). The molecule has 1 unspecified atom stereocenters. The van der Waals surface area contributed by atoms with Gasteiger partial charge in [0.15, 0.2) is 5.13 Å². The third-order valence-corrected chi connectivity index (χ3v) is 4.41. The van der Waals surface area contributed by atoms with Crippen molar-refractivity contribution in [1.29, 1.82) is 0 Å². The van der Waals surface area contributed by atoms with Gasteiger partial charge < -0.3 is 15.8 Å². The van der Waals surface area contributed by atoms with Gasteiger partial charge in [-0.05, 0) is 6.42 Å². The summed E-state index contributed by atoms with van der Waals surface area (Å²) >= 11 is 1.26. The lowest BCUT2D eigenvalue weighted by Gasteiger charge is -2.08. The van der Waals surface area contributed by atoms with Crippen LogP contribution in [0.2, 0.25) is 0 Å². The molecule has 0 fully saturated rings. The Bertz CT molecular complexity index is 700. The molecule has 24 heavy (non-hydrogen) atoms. The van der Waals surface area contributed by atoms with Crippen molar-refractivity contribution in [3.63, 3.8) is 0 Å². The molecule has 0 aliphatic carbocycles. The number of aromatic nitrogens is 1. The average Bonchev–Trinajstić information content (AvgIpc) is 2.97. The van der Waals surface area contributed by atoms with Crippen LogP contribution in [0.3, 0.4) is 0 Å². The van der Waals surface area contributed by atoms with E-state index < -0.39 is 6.04 Å². The number of hydrogen-bond acceptors (Lipinski definition) is 6. The van der Waals surface area contributed by atoms with Gasteiger partial charge in [0, 0.05) is 10.4 Å². The lowest BCUT2D eigenvalue weighted by Crippen LogP contribution is -2.35. The third-order valence-electron chi connectivity index (χ3n) is 3.44. The van der Waals surface area contributed by atoms with Crippen LogP contribution < -0.4 is 11.1 Å². The Labute approximate surface area is 145 Å². The Morgan fingerprint density at radius 1 is 1.33 bits per heavy atom. The summed E-state index contributed by atoms with van der Waals surface area (Å²) in [4.78, 5) is 28.9. The van der Waals surface area contributed by atoms with Crippen LogP contribution in [0.4, 0.5) is 5.13 Å². The summed E-state index contributed by atoms with van der Waals surface area (Å²) in [5.74, 6) is -0.619. The van der Waals surface area contributed by atoms with Crippen molar-refractivity contribution in [3.05, 3.63) is 35.2 Å². The van der Waals surface area contributed by atoms with Gasteiger partial charge in [-0.25, -0.2) is 4.98 Å². The molecule has 1 heterocycles. The second-order valence-electron chi connectivity index (χ2n) is 5.29. The van der Waals surface area contributed by atoms with Crippen LogP contribution in [-0.4, -0.2) is 30.0 Å². The molecule has 7 heteroatoms. The third kappa shape index (κ3) is 4.62. The number of carbonyl (C=O) groups excluding carboxylic acids is 2. The molecule has 0 saturated carbocycles. The normalized spacial score (nSPS) is 11.8. The Morgan fingerprint density at radius 3 is 2.67 bits per heavy atom. The van der Waals surface area contributed by atoms with E-state index in [0.29, 0.717) is 17.2 Å². The van der Waals surface area contributed by atoms with E-state index in [1.165, 1.54) is 18.4 Å². The molecular formula is C17H21N3O3S. The lowest BCUT2D eigenvalue weighted by molar-refractivity contribution is -0.139. The summed E-state index contributed by atoms with van der Waals surface area (Å²) in [6.07, 6.45) is 1.54. The van der Waals surface area contributed by atoms with Crippen LogP contribution in [0.1, 0.15) is 24.6 Å². The number of nitrogens with one attached hydrogen (secondary N) is 1. The molecule has 0 saturated heterocycles.